The molecule has 0 saturated heterocycles. The number of ketones is 1. The molecule has 3 heteroatoms. The number of benzene rings is 1. The highest BCUT2D eigenvalue weighted by molar-refractivity contribution is 5.95. The minimum atomic E-state index is -0.415. The van der Waals surface area contributed by atoms with Crippen LogP contribution in [0.1, 0.15) is 96.5 Å². The van der Waals surface area contributed by atoms with Crippen molar-refractivity contribution in [2.45, 2.75) is 97.5 Å². The van der Waals surface area contributed by atoms with Crippen molar-refractivity contribution in [1.29, 1.82) is 0 Å². The molecule has 0 aliphatic carbocycles. The molecule has 0 radical (unpaired) electrons. The van der Waals surface area contributed by atoms with Crippen molar-refractivity contribution in [3.63, 3.8) is 0 Å². The first-order valence-corrected chi connectivity index (χ1v) is 10.8. The minimum absolute atomic E-state index is 0.00165. The van der Waals surface area contributed by atoms with Crippen LogP contribution in [-0.2, 0) is 20.9 Å². The summed E-state index contributed by atoms with van der Waals surface area (Å²) in [5.74, 6) is 0.415. The molecular weight excluding hydrogens is 336 g/mol. The number of hydrogen-bond donors (Lipinski definition) is 0. The number of hydrogen-bond acceptors (Lipinski definition) is 3. The van der Waals surface area contributed by atoms with Crippen LogP contribution in [0.2, 0.25) is 0 Å². The molecule has 0 bridgehead atoms. The van der Waals surface area contributed by atoms with Crippen LogP contribution in [0.5, 0.6) is 0 Å². The second-order valence-electron chi connectivity index (χ2n) is 7.98. The molecule has 0 unspecified atom stereocenters. The summed E-state index contributed by atoms with van der Waals surface area (Å²) in [7, 11) is 0. The number of carbonyl (C=O) groups is 2. The predicted octanol–water partition coefficient (Wildman–Crippen LogP) is 6.64. The monoisotopic (exact) mass is 374 g/mol. The van der Waals surface area contributed by atoms with Gasteiger partial charge < -0.3 is 4.74 Å². The van der Waals surface area contributed by atoms with E-state index in [1.54, 1.807) is 0 Å². The molecule has 0 heterocycles. The molecule has 3 nitrogen and oxygen atoms in total. The van der Waals surface area contributed by atoms with Crippen molar-refractivity contribution < 1.29 is 14.3 Å². The Kier molecular flexibility index (Phi) is 13.4. The second-order valence-corrected chi connectivity index (χ2v) is 7.98. The van der Waals surface area contributed by atoms with Crippen molar-refractivity contribution in [3.05, 3.63) is 35.9 Å². The molecule has 0 N–H and O–H groups in total. The van der Waals surface area contributed by atoms with Gasteiger partial charge in [0.1, 0.15) is 18.8 Å². The van der Waals surface area contributed by atoms with Crippen LogP contribution < -0.4 is 0 Å². The Bertz CT molecular complexity index is 508. The van der Waals surface area contributed by atoms with Crippen LogP contribution in [0.15, 0.2) is 30.3 Å². The average Bonchev–Trinajstić information content (AvgIpc) is 2.65. The van der Waals surface area contributed by atoms with E-state index in [1.165, 1.54) is 51.4 Å². The fourth-order valence-electron chi connectivity index (χ4n) is 3.15. The molecule has 0 aromatic heterocycles. The Balaban J connectivity index is 1.90. The van der Waals surface area contributed by atoms with Gasteiger partial charge in [0, 0.05) is 6.42 Å². The maximum atomic E-state index is 11.8. The topological polar surface area (TPSA) is 43.4 Å². The van der Waals surface area contributed by atoms with Gasteiger partial charge in [0.25, 0.3) is 0 Å². The van der Waals surface area contributed by atoms with Crippen molar-refractivity contribution in [1.82, 2.24) is 0 Å². The minimum Gasteiger partial charge on any atom is -0.460 e. The Morgan fingerprint density at radius 3 is 1.96 bits per heavy atom. The van der Waals surface area contributed by atoms with Gasteiger partial charge in [-0.25, -0.2) is 0 Å². The van der Waals surface area contributed by atoms with Gasteiger partial charge in [-0.05, 0) is 17.9 Å². The molecule has 27 heavy (non-hydrogen) atoms. The fourth-order valence-corrected chi connectivity index (χ4v) is 3.15. The Morgan fingerprint density at radius 2 is 1.37 bits per heavy atom. The largest absolute Gasteiger partial charge is 0.460 e. The molecule has 0 amide bonds. The van der Waals surface area contributed by atoms with Crippen LogP contribution in [0.3, 0.4) is 0 Å². The first kappa shape index (κ1) is 23.4. The highest BCUT2D eigenvalue weighted by atomic mass is 16.5. The molecule has 0 atom stereocenters. The van der Waals surface area contributed by atoms with Crippen LogP contribution in [-0.4, -0.2) is 11.8 Å². The highest BCUT2D eigenvalue weighted by Gasteiger charge is 2.10. The van der Waals surface area contributed by atoms with Crippen LogP contribution >= 0.6 is 0 Å². The molecule has 1 rings (SSSR count). The fraction of sp³-hybridized carbons (Fsp3) is 0.667. The molecule has 0 aliphatic heterocycles. The zero-order valence-corrected chi connectivity index (χ0v) is 17.4. The SMILES string of the molecule is CC(C)CCCCCCCCCCCC(=O)CC(=O)OCc1ccccc1. The second kappa shape index (κ2) is 15.4. The summed E-state index contributed by atoms with van der Waals surface area (Å²) >= 11 is 0. The van der Waals surface area contributed by atoms with E-state index in [2.05, 4.69) is 13.8 Å². The van der Waals surface area contributed by atoms with E-state index in [9.17, 15) is 9.59 Å². The van der Waals surface area contributed by atoms with Gasteiger partial charge in [0.05, 0.1) is 0 Å². The maximum Gasteiger partial charge on any atom is 0.313 e. The summed E-state index contributed by atoms with van der Waals surface area (Å²) in [6.07, 6.45) is 12.9. The van der Waals surface area contributed by atoms with Gasteiger partial charge >= 0.3 is 5.97 Å². The lowest BCUT2D eigenvalue weighted by Crippen LogP contribution is -2.11. The van der Waals surface area contributed by atoms with E-state index in [4.69, 9.17) is 4.74 Å². The van der Waals surface area contributed by atoms with Gasteiger partial charge in [0.2, 0.25) is 0 Å². The Morgan fingerprint density at radius 1 is 0.815 bits per heavy atom. The molecule has 1 aromatic carbocycles. The van der Waals surface area contributed by atoms with Crippen molar-refractivity contribution >= 4 is 11.8 Å². The zero-order valence-electron chi connectivity index (χ0n) is 17.4. The third kappa shape index (κ3) is 14.1. The van der Waals surface area contributed by atoms with Crippen molar-refractivity contribution in [2.24, 2.45) is 5.92 Å². The number of ether oxygens (including phenoxy) is 1. The van der Waals surface area contributed by atoms with Crippen molar-refractivity contribution in [2.75, 3.05) is 0 Å². The summed E-state index contributed by atoms with van der Waals surface area (Å²) in [5, 5.41) is 0. The summed E-state index contributed by atoms with van der Waals surface area (Å²) in [6, 6.07) is 9.53. The average molecular weight is 375 g/mol. The molecule has 152 valence electrons. The third-order valence-corrected chi connectivity index (χ3v) is 4.82. The summed E-state index contributed by atoms with van der Waals surface area (Å²) < 4.78 is 5.15. The Hall–Kier alpha value is -1.64. The summed E-state index contributed by atoms with van der Waals surface area (Å²) in [4.78, 5) is 23.6. The number of carbonyl (C=O) groups excluding carboxylic acids is 2. The normalized spacial score (nSPS) is 10.9. The smallest absolute Gasteiger partial charge is 0.313 e. The van der Waals surface area contributed by atoms with Gasteiger partial charge in [-0.2, -0.15) is 0 Å². The molecule has 0 saturated carbocycles. The Labute approximate surface area is 165 Å². The quantitative estimate of drug-likeness (QED) is 0.185. The third-order valence-electron chi connectivity index (χ3n) is 4.82. The predicted molar refractivity (Wildman–Crippen MR) is 111 cm³/mol. The van der Waals surface area contributed by atoms with E-state index >= 15 is 0 Å². The number of Topliss-reactive ketones (excluding diaryl/α,β-unsaturated/α-hetero) is 1. The summed E-state index contributed by atoms with van der Waals surface area (Å²) in [5.41, 5.74) is 0.943. The van der Waals surface area contributed by atoms with Crippen LogP contribution in [0.4, 0.5) is 0 Å². The number of unbranched alkanes of at least 4 members (excludes halogenated alkanes) is 8. The van der Waals surface area contributed by atoms with Crippen molar-refractivity contribution in [3.8, 4) is 0 Å². The lowest BCUT2D eigenvalue weighted by molar-refractivity contribution is -0.147. The van der Waals surface area contributed by atoms with Gasteiger partial charge in [0.15, 0.2) is 0 Å². The van der Waals surface area contributed by atoms with E-state index < -0.39 is 5.97 Å². The maximum absolute atomic E-state index is 11.8. The summed E-state index contributed by atoms with van der Waals surface area (Å²) in [6.45, 7) is 4.82. The number of esters is 1. The number of rotatable bonds is 16. The first-order valence-electron chi connectivity index (χ1n) is 10.8. The lowest BCUT2D eigenvalue weighted by Gasteiger charge is -2.05. The van der Waals surface area contributed by atoms with Gasteiger partial charge in [-0.1, -0.05) is 102 Å². The van der Waals surface area contributed by atoms with E-state index in [1.807, 2.05) is 30.3 Å². The molecule has 1 aromatic rings. The molecule has 0 spiro atoms. The van der Waals surface area contributed by atoms with E-state index in [0.29, 0.717) is 6.42 Å². The van der Waals surface area contributed by atoms with E-state index in [0.717, 1.165) is 24.3 Å². The lowest BCUT2D eigenvalue weighted by atomic mass is 10.0. The van der Waals surface area contributed by atoms with Gasteiger partial charge in [-0.3, -0.25) is 9.59 Å². The van der Waals surface area contributed by atoms with Crippen LogP contribution in [0.25, 0.3) is 0 Å². The van der Waals surface area contributed by atoms with E-state index in [-0.39, 0.29) is 18.8 Å². The highest BCUT2D eigenvalue weighted by Crippen LogP contribution is 2.13. The standard InChI is InChI=1S/C24H38O3/c1-21(2)15-11-8-6-4-3-5-7-9-14-18-23(25)19-24(26)27-20-22-16-12-10-13-17-22/h10,12-13,16-17,21H,3-9,11,14-15,18-20H2,1-2H3. The molecule has 0 fully saturated rings. The van der Waals surface area contributed by atoms with Crippen LogP contribution in [0, 0.1) is 5.92 Å². The zero-order chi connectivity index (χ0) is 19.7. The molecular formula is C24H38O3. The molecule has 0 aliphatic rings. The van der Waals surface area contributed by atoms with Gasteiger partial charge in [-0.15, -0.1) is 0 Å². The first-order chi connectivity index (χ1) is 13.1.